The molecule has 0 saturated carbocycles. The molecule has 0 radical (unpaired) electrons. The third-order valence-electron chi connectivity index (χ3n) is 2.40. The summed E-state index contributed by atoms with van der Waals surface area (Å²) in [6.07, 6.45) is 0. The molecule has 0 spiro atoms. The molecule has 0 fully saturated rings. The van der Waals surface area contributed by atoms with Crippen molar-refractivity contribution in [3.63, 3.8) is 0 Å². The quantitative estimate of drug-likeness (QED) is 0.872. The van der Waals surface area contributed by atoms with Crippen molar-refractivity contribution in [1.29, 1.82) is 5.26 Å². The molecule has 1 aromatic heterocycles. The van der Waals surface area contributed by atoms with Crippen molar-refractivity contribution in [3.05, 3.63) is 44.8 Å². The SMILES string of the molecule is CN(Cc1cscn1)c1ccc(C#N)c(Br)c1. The Bertz CT molecular complexity index is 545. The van der Waals surface area contributed by atoms with E-state index in [1.807, 2.05) is 36.1 Å². The Labute approximate surface area is 112 Å². The lowest BCUT2D eigenvalue weighted by Gasteiger charge is -2.18. The predicted molar refractivity (Wildman–Crippen MR) is 73.1 cm³/mol. The number of halogens is 1. The summed E-state index contributed by atoms with van der Waals surface area (Å²) in [7, 11) is 2.01. The molecule has 0 saturated heterocycles. The molecule has 0 amide bonds. The second kappa shape index (κ2) is 5.30. The Kier molecular flexibility index (Phi) is 3.77. The van der Waals surface area contributed by atoms with Gasteiger partial charge in [-0.05, 0) is 34.1 Å². The van der Waals surface area contributed by atoms with Gasteiger partial charge < -0.3 is 4.90 Å². The number of hydrogen-bond donors (Lipinski definition) is 0. The van der Waals surface area contributed by atoms with Crippen molar-refractivity contribution in [3.8, 4) is 6.07 Å². The molecule has 17 heavy (non-hydrogen) atoms. The van der Waals surface area contributed by atoms with E-state index in [1.165, 1.54) is 0 Å². The van der Waals surface area contributed by atoms with Crippen molar-refractivity contribution < 1.29 is 0 Å². The summed E-state index contributed by atoms with van der Waals surface area (Å²) < 4.78 is 0.822. The van der Waals surface area contributed by atoms with Crippen LogP contribution in [0.3, 0.4) is 0 Å². The van der Waals surface area contributed by atoms with E-state index in [0.29, 0.717) is 5.56 Å². The molecule has 0 aliphatic rings. The standard InChI is InChI=1S/C12H10BrN3S/c1-16(6-10-7-17-8-15-10)11-3-2-9(5-14)12(13)4-11/h2-4,7-8H,6H2,1H3. The minimum atomic E-state index is 0.649. The minimum absolute atomic E-state index is 0.649. The summed E-state index contributed by atoms with van der Waals surface area (Å²) in [6, 6.07) is 7.84. The fourth-order valence-corrected chi connectivity index (χ4v) is 2.49. The molecular weight excluding hydrogens is 298 g/mol. The monoisotopic (exact) mass is 307 g/mol. The van der Waals surface area contributed by atoms with Gasteiger partial charge in [-0.1, -0.05) is 0 Å². The number of anilines is 1. The molecule has 0 unspecified atom stereocenters. The third-order valence-corrected chi connectivity index (χ3v) is 3.69. The van der Waals surface area contributed by atoms with Crippen LogP contribution < -0.4 is 4.90 Å². The lowest BCUT2D eigenvalue weighted by Crippen LogP contribution is -2.16. The van der Waals surface area contributed by atoms with Crippen LogP contribution in [0.5, 0.6) is 0 Å². The van der Waals surface area contributed by atoms with Crippen molar-refractivity contribution in [2.75, 3.05) is 11.9 Å². The number of nitriles is 1. The zero-order chi connectivity index (χ0) is 12.3. The van der Waals surface area contributed by atoms with Crippen molar-refractivity contribution in [2.45, 2.75) is 6.54 Å². The fraction of sp³-hybridized carbons (Fsp3) is 0.167. The molecular formula is C12H10BrN3S. The smallest absolute Gasteiger partial charge is 0.100 e. The Balaban J connectivity index is 2.17. The van der Waals surface area contributed by atoms with Gasteiger partial charge in [0, 0.05) is 22.6 Å². The number of thiazole rings is 1. The summed E-state index contributed by atoms with van der Waals surface area (Å²) in [5.41, 5.74) is 4.59. The van der Waals surface area contributed by atoms with Crippen LogP contribution in [-0.4, -0.2) is 12.0 Å². The topological polar surface area (TPSA) is 39.9 Å². The lowest BCUT2D eigenvalue weighted by atomic mass is 10.2. The van der Waals surface area contributed by atoms with Crippen LogP contribution in [0.1, 0.15) is 11.3 Å². The van der Waals surface area contributed by atoms with E-state index >= 15 is 0 Å². The van der Waals surface area contributed by atoms with E-state index in [-0.39, 0.29) is 0 Å². The largest absolute Gasteiger partial charge is 0.369 e. The number of nitrogens with zero attached hydrogens (tertiary/aromatic N) is 3. The highest BCUT2D eigenvalue weighted by Gasteiger charge is 2.06. The van der Waals surface area contributed by atoms with Gasteiger partial charge in [0.15, 0.2) is 0 Å². The van der Waals surface area contributed by atoms with Gasteiger partial charge in [-0.15, -0.1) is 11.3 Å². The first kappa shape index (κ1) is 12.1. The average molecular weight is 308 g/mol. The zero-order valence-corrected chi connectivity index (χ0v) is 11.6. The molecule has 5 heteroatoms. The van der Waals surface area contributed by atoms with Crippen LogP contribution in [0.2, 0.25) is 0 Å². The van der Waals surface area contributed by atoms with Crippen molar-refractivity contribution >= 4 is 33.0 Å². The summed E-state index contributed by atoms with van der Waals surface area (Å²) in [5, 5.41) is 10.9. The van der Waals surface area contributed by atoms with Gasteiger partial charge in [0.25, 0.3) is 0 Å². The van der Waals surface area contributed by atoms with Crippen LogP contribution >= 0.6 is 27.3 Å². The normalized spacial score (nSPS) is 9.94. The Hall–Kier alpha value is -1.38. The zero-order valence-electron chi connectivity index (χ0n) is 9.22. The van der Waals surface area contributed by atoms with Crippen LogP contribution in [0.15, 0.2) is 33.6 Å². The molecule has 2 rings (SSSR count). The molecule has 1 heterocycles. The van der Waals surface area contributed by atoms with E-state index in [1.54, 1.807) is 11.3 Å². The van der Waals surface area contributed by atoms with Gasteiger partial charge in [0.05, 0.1) is 23.3 Å². The maximum absolute atomic E-state index is 8.85. The Morgan fingerprint density at radius 1 is 1.53 bits per heavy atom. The predicted octanol–water partition coefficient (Wildman–Crippen LogP) is 3.41. The minimum Gasteiger partial charge on any atom is -0.369 e. The summed E-state index contributed by atoms with van der Waals surface area (Å²) in [4.78, 5) is 6.35. The maximum Gasteiger partial charge on any atom is 0.100 e. The van der Waals surface area contributed by atoms with Gasteiger partial charge in [0.1, 0.15) is 6.07 Å². The molecule has 0 aliphatic heterocycles. The summed E-state index contributed by atoms with van der Waals surface area (Å²) >= 11 is 4.99. The highest BCUT2D eigenvalue weighted by atomic mass is 79.9. The van der Waals surface area contributed by atoms with Gasteiger partial charge in [-0.2, -0.15) is 5.26 Å². The molecule has 3 nitrogen and oxygen atoms in total. The molecule has 0 N–H and O–H groups in total. The van der Waals surface area contributed by atoms with E-state index < -0.39 is 0 Å². The molecule has 2 aromatic rings. The molecule has 0 bridgehead atoms. The molecule has 0 aliphatic carbocycles. The first-order chi connectivity index (χ1) is 8.20. The van der Waals surface area contributed by atoms with E-state index in [0.717, 1.165) is 22.4 Å². The van der Waals surface area contributed by atoms with E-state index in [9.17, 15) is 0 Å². The number of hydrogen-bond acceptors (Lipinski definition) is 4. The highest BCUT2D eigenvalue weighted by Crippen LogP contribution is 2.24. The Morgan fingerprint density at radius 3 is 2.94 bits per heavy atom. The van der Waals surface area contributed by atoms with Crippen LogP contribution in [0.4, 0.5) is 5.69 Å². The van der Waals surface area contributed by atoms with E-state index in [2.05, 4.69) is 31.9 Å². The van der Waals surface area contributed by atoms with Gasteiger partial charge in [-0.3, -0.25) is 0 Å². The first-order valence-electron chi connectivity index (χ1n) is 4.98. The maximum atomic E-state index is 8.85. The summed E-state index contributed by atoms with van der Waals surface area (Å²) in [6.45, 7) is 0.766. The number of rotatable bonds is 3. The van der Waals surface area contributed by atoms with Crippen molar-refractivity contribution in [1.82, 2.24) is 4.98 Å². The Morgan fingerprint density at radius 2 is 2.35 bits per heavy atom. The highest BCUT2D eigenvalue weighted by molar-refractivity contribution is 9.10. The van der Waals surface area contributed by atoms with E-state index in [4.69, 9.17) is 5.26 Å². The fourth-order valence-electron chi connectivity index (χ4n) is 1.48. The van der Waals surface area contributed by atoms with Gasteiger partial charge in [-0.25, -0.2) is 4.98 Å². The third kappa shape index (κ3) is 2.84. The molecule has 0 atom stereocenters. The number of aromatic nitrogens is 1. The average Bonchev–Trinajstić information content (AvgIpc) is 2.81. The number of benzene rings is 1. The first-order valence-corrected chi connectivity index (χ1v) is 6.72. The van der Waals surface area contributed by atoms with Crippen LogP contribution in [0, 0.1) is 11.3 Å². The lowest BCUT2D eigenvalue weighted by molar-refractivity contribution is 0.894. The second-order valence-corrected chi connectivity index (χ2v) is 5.18. The van der Waals surface area contributed by atoms with Gasteiger partial charge in [0.2, 0.25) is 0 Å². The molecule has 1 aromatic carbocycles. The molecule has 86 valence electrons. The van der Waals surface area contributed by atoms with Gasteiger partial charge >= 0.3 is 0 Å². The van der Waals surface area contributed by atoms with Crippen molar-refractivity contribution in [2.24, 2.45) is 0 Å². The van der Waals surface area contributed by atoms with Crippen LogP contribution in [-0.2, 0) is 6.54 Å². The van der Waals surface area contributed by atoms with Crippen LogP contribution in [0.25, 0.3) is 0 Å². The summed E-state index contributed by atoms with van der Waals surface area (Å²) in [5.74, 6) is 0. The second-order valence-electron chi connectivity index (χ2n) is 3.61.